The maximum atomic E-state index is 12.4. The number of anilines is 1. The van der Waals surface area contributed by atoms with Gasteiger partial charge in [-0.3, -0.25) is 0 Å². The van der Waals surface area contributed by atoms with Crippen molar-refractivity contribution < 1.29 is 14.7 Å². The van der Waals surface area contributed by atoms with Gasteiger partial charge in [-0.25, -0.2) is 9.59 Å². The number of benzene rings is 2. The Kier molecular flexibility index (Phi) is 4.95. The van der Waals surface area contributed by atoms with Crippen molar-refractivity contribution in [3.8, 4) is 11.1 Å². The van der Waals surface area contributed by atoms with Gasteiger partial charge in [0.1, 0.15) is 5.54 Å². The molecule has 0 radical (unpaired) electrons. The third kappa shape index (κ3) is 3.77. The Morgan fingerprint density at radius 1 is 1.04 bits per heavy atom. The maximum absolute atomic E-state index is 12.4. The van der Waals surface area contributed by atoms with Crippen molar-refractivity contribution in [3.63, 3.8) is 0 Å². The van der Waals surface area contributed by atoms with Gasteiger partial charge in [-0.15, -0.1) is 0 Å². The number of aliphatic carboxylic acids is 1. The molecule has 3 rings (SSSR count). The number of carboxylic acids is 1. The van der Waals surface area contributed by atoms with Crippen molar-refractivity contribution in [2.75, 3.05) is 5.32 Å². The summed E-state index contributed by atoms with van der Waals surface area (Å²) in [6.07, 6.45) is 2.46. The molecule has 2 amide bonds. The summed E-state index contributed by atoms with van der Waals surface area (Å²) in [5.74, 6) is -0.991. The average molecular weight is 359 g/mol. The highest BCUT2D eigenvalue weighted by molar-refractivity contribution is 6.31. The first-order valence-corrected chi connectivity index (χ1v) is 8.55. The standard InChI is InChI=1S/C19H19ClN2O3/c20-14-8-9-15(13-6-2-1-3-7-13)16(12-14)21-18(25)22-19(17(23)24)10-4-5-11-19/h1-3,6-9,12H,4-5,10-11H2,(H,23,24)(H2,21,22,25). The normalized spacial score (nSPS) is 15.6. The molecule has 5 nitrogen and oxygen atoms in total. The Balaban J connectivity index is 1.84. The van der Waals surface area contributed by atoms with Gasteiger partial charge in [0.2, 0.25) is 0 Å². The second-order valence-electron chi connectivity index (χ2n) is 6.23. The summed E-state index contributed by atoms with van der Waals surface area (Å²) in [4.78, 5) is 24.0. The van der Waals surface area contributed by atoms with E-state index in [-0.39, 0.29) is 0 Å². The van der Waals surface area contributed by atoms with Crippen molar-refractivity contribution in [3.05, 3.63) is 53.6 Å². The second-order valence-corrected chi connectivity index (χ2v) is 6.67. The Bertz CT molecular complexity index is 787. The number of hydrogen-bond acceptors (Lipinski definition) is 2. The molecule has 0 aromatic heterocycles. The van der Waals surface area contributed by atoms with E-state index in [1.165, 1.54) is 0 Å². The first-order chi connectivity index (χ1) is 12.0. The molecule has 6 heteroatoms. The number of halogens is 1. The van der Waals surface area contributed by atoms with E-state index in [1.807, 2.05) is 36.4 Å². The SMILES string of the molecule is O=C(Nc1cc(Cl)ccc1-c1ccccc1)NC1(C(=O)O)CCCC1. The molecule has 2 aromatic carbocycles. The molecule has 130 valence electrons. The molecule has 0 aliphatic heterocycles. The predicted octanol–water partition coefficient (Wildman–Crippen LogP) is 4.53. The van der Waals surface area contributed by atoms with Gasteiger partial charge in [0.25, 0.3) is 0 Å². The lowest BCUT2D eigenvalue weighted by molar-refractivity contribution is -0.144. The molecule has 0 heterocycles. The van der Waals surface area contributed by atoms with Crippen LogP contribution in [0.5, 0.6) is 0 Å². The summed E-state index contributed by atoms with van der Waals surface area (Å²) < 4.78 is 0. The molecule has 0 spiro atoms. The van der Waals surface area contributed by atoms with Gasteiger partial charge in [-0.1, -0.05) is 60.8 Å². The minimum atomic E-state index is -1.18. The van der Waals surface area contributed by atoms with Crippen LogP contribution in [0.3, 0.4) is 0 Å². The molecule has 0 unspecified atom stereocenters. The topological polar surface area (TPSA) is 78.4 Å². The van der Waals surface area contributed by atoms with Gasteiger partial charge in [0.05, 0.1) is 5.69 Å². The Morgan fingerprint density at radius 2 is 1.72 bits per heavy atom. The van der Waals surface area contributed by atoms with Crippen LogP contribution in [-0.2, 0) is 4.79 Å². The van der Waals surface area contributed by atoms with Crippen molar-refractivity contribution in [1.82, 2.24) is 5.32 Å². The lowest BCUT2D eigenvalue weighted by Gasteiger charge is -2.25. The Morgan fingerprint density at radius 3 is 2.36 bits per heavy atom. The molecule has 2 aromatic rings. The highest BCUT2D eigenvalue weighted by Crippen LogP contribution is 2.32. The van der Waals surface area contributed by atoms with Gasteiger partial charge < -0.3 is 15.7 Å². The largest absolute Gasteiger partial charge is 0.480 e. The number of nitrogens with one attached hydrogen (secondary N) is 2. The number of carbonyl (C=O) groups is 2. The lowest BCUT2D eigenvalue weighted by atomic mass is 9.98. The predicted molar refractivity (Wildman–Crippen MR) is 97.9 cm³/mol. The summed E-state index contributed by atoms with van der Waals surface area (Å²) in [5.41, 5.74) is 1.10. The van der Waals surface area contributed by atoms with E-state index in [0.717, 1.165) is 24.0 Å². The molecule has 0 atom stereocenters. The smallest absolute Gasteiger partial charge is 0.329 e. The summed E-state index contributed by atoms with van der Waals surface area (Å²) in [6.45, 7) is 0. The van der Waals surface area contributed by atoms with Gasteiger partial charge >= 0.3 is 12.0 Å². The van der Waals surface area contributed by atoms with Crippen LogP contribution in [0.4, 0.5) is 10.5 Å². The van der Waals surface area contributed by atoms with Gasteiger partial charge in [-0.05, 0) is 30.5 Å². The Labute approximate surface area is 151 Å². The maximum Gasteiger partial charge on any atom is 0.329 e. The summed E-state index contributed by atoms with van der Waals surface area (Å²) in [5, 5.41) is 15.4. The van der Waals surface area contributed by atoms with E-state index in [0.29, 0.717) is 23.6 Å². The fourth-order valence-electron chi connectivity index (χ4n) is 3.23. The van der Waals surface area contributed by atoms with Crippen LogP contribution in [-0.4, -0.2) is 22.6 Å². The quantitative estimate of drug-likeness (QED) is 0.751. The van der Waals surface area contributed by atoms with Crippen LogP contribution in [0.15, 0.2) is 48.5 Å². The number of carbonyl (C=O) groups excluding carboxylic acids is 1. The van der Waals surface area contributed by atoms with E-state index in [1.54, 1.807) is 12.1 Å². The fourth-order valence-corrected chi connectivity index (χ4v) is 3.40. The first-order valence-electron chi connectivity index (χ1n) is 8.18. The van der Waals surface area contributed by atoms with E-state index in [2.05, 4.69) is 10.6 Å². The molecule has 1 aliphatic carbocycles. The molecule has 1 fully saturated rings. The summed E-state index contributed by atoms with van der Waals surface area (Å²) >= 11 is 6.07. The molecule has 1 saturated carbocycles. The van der Waals surface area contributed by atoms with Gasteiger partial charge in [-0.2, -0.15) is 0 Å². The fraction of sp³-hybridized carbons (Fsp3) is 0.263. The molecule has 3 N–H and O–H groups in total. The third-order valence-electron chi connectivity index (χ3n) is 4.53. The molecular formula is C19H19ClN2O3. The number of hydrogen-bond donors (Lipinski definition) is 3. The number of urea groups is 1. The van der Waals surface area contributed by atoms with Crippen LogP contribution >= 0.6 is 11.6 Å². The monoisotopic (exact) mass is 358 g/mol. The van der Waals surface area contributed by atoms with Crippen LogP contribution in [0, 0.1) is 0 Å². The van der Waals surface area contributed by atoms with Crippen molar-refractivity contribution in [1.29, 1.82) is 0 Å². The minimum Gasteiger partial charge on any atom is -0.480 e. The van der Waals surface area contributed by atoms with E-state index >= 15 is 0 Å². The second kappa shape index (κ2) is 7.15. The third-order valence-corrected chi connectivity index (χ3v) is 4.77. The van der Waals surface area contributed by atoms with Crippen LogP contribution in [0.1, 0.15) is 25.7 Å². The van der Waals surface area contributed by atoms with Crippen LogP contribution in [0.25, 0.3) is 11.1 Å². The van der Waals surface area contributed by atoms with Crippen LogP contribution < -0.4 is 10.6 Å². The van der Waals surface area contributed by atoms with Crippen LogP contribution in [0.2, 0.25) is 5.02 Å². The number of rotatable bonds is 4. The number of carboxylic acid groups (broad SMARTS) is 1. The van der Waals surface area contributed by atoms with Gasteiger partial charge in [0.15, 0.2) is 0 Å². The van der Waals surface area contributed by atoms with Gasteiger partial charge in [0, 0.05) is 10.6 Å². The molecule has 25 heavy (non-hydrogen) atoms. The Hall–Kier alpha value is -2.53. The summed E-state index contributed by atoms with van der Waals surface area (Å²) in [6, 6.07) is 14.3. The lowest BCUT2D eigenvalue weighted by Crippen LogP contribution is -2.53. The molecule has 0 saturated heterocycles. The van der Waals surface area contributed by atoms with E-state index in [4.69, 9.17) is 11.6 Å². The highest BCUT2D eigenvalue weighted by Gasteiger charge is 2.42. The number of amides is 2. The van der Waals surface area contributed by atoms with Crippen molar-refractivity contribution in [2.24, 2.45) is 0 Å². The highest BCUT2D eigenvalue weighted by atomic mass is 35.5. The zero-order chi connectivity index (χ0) is 17.9. The zero-order valence-electron chi connectivity index (χ0n) is 13.6. The molecule has 0 bridgehead atoms. The summed E-state index contributed by atoms with van der Waals surface area (Å²) in [7, 11) is 0. The van der Waals surface area contributed by atoms with Crippen molar-refractivity contribution in [2.45, 2.75) is 31.2 Å². The molecular weight excluding hydrogens is 340 g/mol. The first kappa shape index (κ1) is 17.3. The minimum absolute atomic E-state index is 0.441. The zero-order valence-corrected chi connectivity index (χ0v) is 14.3. The van der Waals surface area contributed by atoms with E-state index < -0.39 is 17.5 Å². The molecule has 1 aliphatic rings. The van der Waals surface area contributed by atoms with Crippen molar-refractivity contribution >= 4 is 29.3 Å². The average Bonchev–Trinajstić information content (AvgIpc) is 3.05. The van der Waals surface area contributed by atoms with E-state index in [9.17, 15) is 14.7 Å².